The molecule has 7 nitrogen and oxygen atoms in total. The van der Waals surface area contributed by atoms with E-state index in [0.29, 0.717) is 23.4 Å². The average molecular weight is 360 g/mol. The second kappa shape index (κ2) is 7.70. The molecular formula is C17H24N6OS. The molecule has 0 spiro atoms. The van der Waals surface area contributed by atoms with Crippen LogP contribution < -0.4 is 5.32 Å². The van der Waals surface area contributed by atoms with Crippen molar-refractivity contribution < 1.29 is 4.79 Å². The lowest BCUT2D eigenvalue weighted by molar-refractivity contribution is -0.119. The van der Waals surface area contributed by atoms with Crippen molar-refractivity contribution >= 4 is 23.3 Å². The molecule has 1 N–H and O–H groups in total. The molecule has 8 heteroatoms. The molecule has 2 aromatic rings. The lowest BCUT2D eigenvalue weighted by atomic mass is 9.83. The number of hydrogen-bond acceptors (Lipinski definition) is 6. The molecule has 0 unspecified atom stereocenters. The van der Waals surface area contributed by atoms with Gasteiger partial charge in [-0.1, -0.05) is 18.2 Å². The Balaban J connectivity index is 1.25. The first kappa shape index (κ1) is 16.8. The smallest absolute Gasteiger partial charge is 0.230 e. The van der Waals surface area contributed by atoms with Gasteiger partial charge in [-0.3, -0.25) is 4.79 Å². The van der Waals surface area contributed by atoms with Crippen LogP contribution in [0.4, 0.5) is 0 Å². The first-order valence-corrected chi connectivity index (χ1v) is 10.1. The van der Waals surface area contributed by atoms with Gasteiger partial charge in [-0.05, 0) is 56.8 Å². The summed E-state index contributed by atoms with van der Waals surface area (Å²) < 4.78 is 1.62. The fourth-order valence-corrected chi connectivity index (χ4v) is 4.73. The minimum absolute atomic E-state index is 0.0867. The van der Waals surface area contributed by atoms with Crippen molar-refractivity contribution in [2.75, 3.05) is 25.4 Å². The van der Waals surface area contributed by atoms with Crippen LogP contribution in [0.25, 0.3) is 5.65 Å². The molecule has 4 rings (SSSR count). The number of aromatic nitrogens is 4. The molecule has 2 aliphatic heterocycles. The van der Waals surface area contributed by atoms with Crippen LogP contribution in [-0.4, -0.2) is 62.0 Å². The Hall–Kier alpha value is -1.67. The van der Waals surface area contributed by atoms with E-state index in [2.05, 4.69) is 25.5 Å². The third-order valence-electron chi connectivity index (χ3n) is 5.28. The van der Waals surface area contributed by atoms with Crippen molar-refractivity contribution in [3.63, 3.8) is 0 Å². The van der Waals surface area contributed by atoms with Gasteiger partial charge in [-0.25, -0.2) is 0 Å². The van der Waals surface area contributed by atoms with Crippen molar-refractivity contribution in [3.05, 3.63) is 18.5 Å². The van der Waals surface area contributed by atoms with Gasteiger partial charge >= 0.3 is 0 Å². The molecular weight excluding hydrogens is 336 g/mol. The van der Waals surface area contributed by atoms with Gasteiger partial charge in [0.2, 0.25) is 5.91 Å². The van der Waals surface area contributed by atoms with Crippen LogP contribution in [0, 0.1) is 5.92 Å². The quantitative estimate of drug-likeness (QED) is 0.816. The first-order chi connectivity index (χ1) is 12.3. The summed E-state index contributed by atoms with van der Waals surface area (Å²) in [6.45, 7) is 3.28. The summed E-state index contributed by atoms with van der Waals surface area (Å²) >= 11 is 1.45. The summed E-state index contributed by atoms with van der Waals surface area (Å²) in [7, 11) is 0. The predicted octanol–water partition coefficient (Wildman–Crippen LogP) is 1.60. The Morgan fingerprint density at radius 1 is 1.24 bits per heavy atom. The zero-order chi connectivity index (χ0) is 17.1. The molecule has 0 bridgehead atoms. The van der Waals surface area contributed by atoms with Gasteiger partial charge in [0.25, 0.3) is 0 Å². The van der Waals surface area contributed by atoms with E-state index in [0.717, 1.165) is 11.6 Å². The van der Waals surface area contributed by atoms with Gasteiger partial charge in [-0.2, -0.15) is 9.61 Å². The predicted molar refractivity (Wildman–Crippen MR) is 96.5 cm³/mol. The number of nitrogens with one attached hydrogen (secondary N) is 1. The SMILES string of the molecule is O=C(CSc1ccc2nncn2n1)NC[C@@H]1CCCN2CCCC[C@H]12. The molecule has 0 aromatic carbocycles. The van der Waals surface area contributed by atoms with Crippen molar-refractivity contribution in [1.29, 1.82) is 0 Å². The van der Waals surface area contributed by atoms with Gasteiger partial charge in [0, 0.05) is 12.6 Å². The average Bonchev–Trinajstić information content (AvgIpc) is 3.12. The highest BCUT2D eigenvalue weighted by molar-refractivity contribution is 7.99. The van der Waals surface area contributed by atoms with E-state index in [1.807, 2.05) is 12.1 Å². The van der Waals surface area contributed by atoms with Crippen molar-refractivity contribution in [2.45, 2.75) is 43.2 Å². The summed E-state index contributed by atoms with van der Waals surface area (Å²) in [6, 6.07) is 4.41. The van der Waals surface area contributed by atoms with Crippen molar-refractivity contribution in [3.8, 4) is 0 Å². The molecule has 0 aliphatic carbocycles. The molecule has 25 heavy (non-hydrogen) atoms. The Morgan fingerprint density at radius 3 is 3.12 bits per heavy atom. The monoisotopic (exact) mass is 360 g/mol. The first-order valence-electron chi connectivity index (χ1n) is 9.10. The fraction of sp³-hybridized carbons (Fsp3) is 0.647. The Bertz CT molecular complexity index is 733. The van der Waals surface area contributed by atoms with E-state index in [1.54, 1.807) is 10.8 Å². The van der Waals surface area contributed by atoms with Crippen LogP contribution in [0.15, 0.2) is 23.5 Å². The highest BCUT2D eigenvalue weighted by atomic mass is 32.2. The summed E-state index contributed by atoms with van der Waals surface area (Å²) in [5.74, 6) is 1.08. The maximum Gasteiger partial charge on any atom is 0.230 e. The maximum absolute atomic E-state index is 12.2. The van der Waals surface area contributed by atoms with Crippen molar-refractivity contribution in [2.24, 2.45) is 5.92 Å². The second-order valence-corrected chi connectivity index (χ2v) is 7.90. The Morgan fingerprint density at radius 2 is 2.16 bits per heavy atom. The van der Waals surface area contributed by atoms with Crippen LogP contribution in [0.5, 0.6) is 0 Å². The molecule has 0 radical (unpaired) electrons. The molecule has 2 aliphatic rings. The van der Waals surface area contributed by atoms with Gasteiger partial charge in [-0.15, -0.1) is 10.2 Å². The van der Waals surface area contributed by atoms with Gasteiger partial charge < -0.3 is 10.2 Å². The summed E-state index contributed by atoms with van der Waals surface area (Å²) in [5.41, 5.74) is 0.711. The van der Waals surface area contributed by atoms with Crippen LogP contribution in [0.3, 0.4) is 0 Å². The van der Waals surface area contributed by atoms with Gasteiger partial charge in [0.15, 0.2) is 5.65 Å². The number of amides is 1. The normalized spacial score (nSPS) is 24.2. The third kappa shape index (κ3) is 3.95. The zero-order valence-electron chi connectivity index (χ0n) is 14.3. The summed E-state index contributed by atoms with van der Waals surface area (Å²) in [6.07, 6.45) is 8.01. The number of hydrogen-bond donors (Lipinski definition) is 1. The molecule has 4 heterocycles. The van der Waals surface area contributed by atoms with Crippen LogP contribution in [0.2, 0.25) is 0 Å². The van der Waals surface area contributed by atoms with Gasteiger partial charge in [0.05, 0.1) is 5.75 Å². The number of fused-ring (bicyclic) bond motifs is 2. The third-order valence-corrected chi connectivity index (χ3v) is 6.20. The number of nitrogens with zero attached hydrogens (tertiary/aromatic N) is 5. The molecule has 134 valence electrons. The zero-order valence-corrected chi connectivity index (χ0v) is 15.1. The molecule has 2 aromatic heterocycles. The van der Waals surface area contributed by atoms with Crippen LogP contribution in [-0.2, 0) is 4.79 Å². The lowest BCUT2D eigenvalue weighted by Gasteiger charge is -2.44. The van der Waals surface area contributed by atoms with E-state index in [1.165, 1.54) is 57.0 Å². The fourth-order valence-electron chi connectivity index (χ4n) is 4.04. The van der Waals surface area contributed by atoms with Crippen LogP contribution >= 0.6 is 11.8 Å². The number of carbonyl (C=O) groups excluding carboxylic acids is 1. The molecule has 2 saturated heterocycles. The van der Waals surface area contributed by atoms with E-state index in [4.69, 9.17) is 0 Å². The Labute approximate surface area is 151 Å². The molecule has 2 atom stereocenters. The number of thioether (sulfide) groups is 1. The molecule has 2 fully saturated rings. The molecule has 1 amide bonds. The highest BCUT2D eigenvalue weighted by Crippen LogP contribution is 2.30. The summed E-state index contributed by atoms with van der Waals surface area (Å²) in [5, 5.41) is 16.1. The molecule has 0 saturated carbocycles. The van der Waals surface area contributed by atoms with E-state index >= 15 is 0 Å². The van der Waals surface area contributed by atoms with E-state index in [-0.39, 0.29) is 5.91 Å². The topological polar surface area (TPSA) is 75.4 Å². The number of rotatable bonds is 5. The van der Waals surface area contributed by atoms with E-state index < -0.39 is 0 Å². The summed E-state index contributed by atoms with van der Waals surface area (Å²) in [4.78, 5) is 14.9. The maximum atomic E-state index is 12.2. The van der Waals surface area contributed by atoms with E-state index in [9.17, 15) is 4.79 Å². The number of carbonyl (C=O) groups is 1. The van der Waals surface area contributed by atoms with Gasteiger partial charge in [0.1, 0.15) is 11.4 Å². The Kier molecular flexibility index (Phi) is 5.17. The van der Waals surface area contributed by atoms with Crippen LogP contribution in [0.1, 0.15) is 32.1 Å². The largest absolute Gasteiger partial charge is 0.355 e. The standard InChI is InChI=1S/C17H24N6OS/c24-16(11-25-17-7-6-15-20-19-12-23(15)21-17)18-10-13-4-3-9-22-8-2-1-5-14(13)22/h6-7,12-14H,1-5,8-11H2,(H,18,24)/t13-,14+/m0/s1. The van der Waals surface area contributed by atoms with Crippen molar-refractivity contribution in [1.82, 2.24) is 30.0 Å². The minimum Gasteiger partial charge on any atom is -0.355 e. The lowest BCUT2D eigenvalue weighted by Crippen LogP contribution is -2.51. The minimum atomic E-state index is 0.0867. The highest BCUT2D eigenvalue weighted by Gasteiger charge is 2.32. The number of piperidine rings is 2. The second-order valence-electron chi connectivity index (χ2n) is 6.90.